The number of halogens is 2. The van der Waals surface area contributed by atoms with Gasteiger partial charge >= 0.3 is 0 Å². The highest BCUT2D eigenvalue weighted by molar-refractivity contribution is 7.91. The Morgan fingerprint density at radius 3 is 2.72 bits per heavy atom. The van der Waals surface area contributed by atoms with E-state index in [1.54, 1.807) is 4.57 Å². The third kappa shape index (κ3) is 3.75. The van der Waals surface area contributed by atoms with Crippen LogP contribution in [-0.4, -0.2) is 44.9 Å². The Hall–Kier alpha value is -3.15. The second-order valence-electron chi connectivity index (χ2n) is 6.73. The minimum Gasteiger partial charge on any atom is -0.322 e. The molecule has 3 heterocycles. The third-order valence-corrected chi connectivity index (χ3v) is 6.42. The molecule has 152 valence electrons. The number of hydrogen-bond donors (Lipinski definition) is 1. The zero-order valence-electron chi connectivity index (χ0n) is 14.9. The number of nitrogens with one attached hydrogen (secondary N) is 1. The number of anilines is 1. The topological polar surface area (TPSA) is 116 Å². The lowest BCUT2D eigenvalue weighted by molar-refractivity contribution is -0.116. The maximum Gasteiger partial charge on any atom is 0.281 e. The Labute approximate surface area is 162 Å². The van der Waals surface area contributed by atoms with Crippen LogP contribution < -0.4 is 10.9 Å². The lowest BCUT2D eigenvalue weighted by Crippen LogP contribution is -2.28. The van der Waals surface area contributed by atoms with Crippen molar-refractivity contribution in [2.45, 2.75) is 19.0 Å². The van der Waals surface area contributed by atoms with Gasteiger partial charge in [0.15, 0.2) is 21.0 Å². The van der Waals surface area contributed by atoms with E-state index in [9.17, 15) is 26.8 Å². The van der Waals surface area contributed by atoms with E-state index in [2.05, 4.69) is 15.3 Å². The van der Waals surface area contributed by atoms with Crippen molar-refractivity contribution in [3.05, 3.63) is 52.8 Å². The van der Waals surface area contributed by atoms with E-state index >= 15 is 0 Å². The standard InChI is InChI=1S/C17H15F2N5O4S/c18-10-1-2-13(12(19)5-10)22-14(25)6-23-8-21-16-15(17(23)26)20-9-24(16)11-3-4-29(27,28)7-11/h1-2,5,8-9,11H,3-4,6-7H2,(H,22,25)/t11-/m1/s1. The number of nitrogens with zero attached hydrogens (tertiary/aromatic N) is 4. The fourth-order valence-electron chi connectivity index (χ4n) is 3.26. The van der Waals surface area contributed by atoms with Crippen molar-refractivity contribution >= 4 is 32.6 Å². The van der Waals surface area contributed by atoms with E-state index in [0.717, 1.165) is 23.0 Å². The Balaban J connectivity index is 1.57. The molecular weight excluding hydrogens is 408 g/mol. The molecule has 1 atom stereocenters. The first-order valence-corrected chi connectivity index (χ1v) is 10.4. The van der Waals surface area contributed by atoms with Crippen molar-refractivity contribution in [1.82, 2.24) is 19.1 Å². The van der Waals surface area contributed by atoms with Crippen LogP contribution in [0.25, 0.3) is 11.2 Å². The molecule has 1 N–H and O–H groups in total. The SMILES string of the molecule is O=C(Cn1cnc2c(ncn2[C@@H]2CCS(=O)(=O)C2)c1=O)Nc1ccc(F)cc1F. The number of aromatic nitrogens is 4. The van der Waals surface area contributed by atoms with Gasteiger partial charge in [-0.05, 0) is 18.6 Å². The molecule has 29 heavy (non-hydrogen) atoms. The van der Waals surface area contributed by atoms with Crippen LogP contribution in [0.2, 0.25) is 0 Å². The molecule has 1 saturated heterocycles. The van der Waals surface area contributed by atoms with Gasteiger partial charge in [0.25, 0.3) is 5.56 Å². The van der Waals surface area contributed by atoms with Gasteiger partial charge in [-0.15, -0.1) is 0 Å². The highest BCUT2D eigenvalue weighted by Crippen LogP contribution is 2.25. The third-order valence-electron chi connectivity index (χ3n) is 4.67. The monoisotopic (exact) mass is 423 g/mol. The maximum absolute atomic E-state index is 13.7. The van der Waals surface area contributed by atoms with Crippen LogP contribution in [0.3, 0.4) is 0 Å². The zero-order valence-corrected chi connectivity index (χ0v) is 15.7. The maximum atomic E-state index is 13.7. The van der Waals surface area contributed by atoms with Crippen LogP contribution in [0.1, 0.15) is 12.5 Å². The first-order chi connectivity index (χ1) is 13.7. The number of imidazole rings is 1. The molecule has 0 bridgehead atoms. The zero-order chi connectivity index (χ0) is 20.8. The van der Waals surface area contributed by atoms with Crippen molar-refractivity contribution < 1.29 is 22.0 Å². The average molecular weight is 423 g/mol. The van der Waals surface area contributed by atoms with E-state index < -0.39 is 39.5 Å². The number of rotatable bonds is 4. The van der Waals surface area contributed by atoms with Gasteiger partial charge in [0.1, 0.15) is 24.5 Å². The number of hydrogen-bond acceptors (Lipinski definition) is 6. The van der Waals surface area contributed by atoms with Gasteiger partial charge in [0.2, 0.25) is 5.91 Å². The minimum atomic E-state index is -3.13. The van der Waals surface area contributed by atoms with Crippen LogP contribution in [0.5, 0.6) is 0 Å². The van der Waals surface area contributed by atoms with Gasteiger partial charge < -0.3 is 9.88 Å². The van der Waals surface area contributed by atoms with Crippen molar-refractivity contribution in [3.63, 3.8) is 0 Å². The van der Waals surface area contributed by atoms with Gasteiger partial charge in [-0.2, -0.15) is 0 Å². The molecule has 0 saturated carbocycles. The van der Waals surface area contributed by atoms with Crippen molar-refractivity contribution in [3.8, 4) is 0 Å². The minimum absolute atomic E-state index is 0.00226. The number of sulfone groups is 1. The summed E-state index contributed by atoms with van der Waals surface area (Å²) in [6.45, 7) is -0.455. The van der Waals surface area contributed by atoms with Crippen LogP contribution >= 0.6 is 0 Å². The molecule has 2 aromatic heterocycles. The summed E-state index contributed by atoms with van der Waals surface area (Å²) in [6.07, 6.45) is 2.92. The fourth-order valence-corrected chi connectivity index (χ4v) is 4.97. The summed E-state index contributed by atoms with van der Waals surface area (Å²) in [6, 6.07) is 2.35. The summed E-state index contributed by atoms with van der Waals surface area (Å²) in [5.41, 5.74) is -0.578. The number of carbonyl (C=O) groups excluding carboxylic acids is 1. The summed E-state index contributed by atoms with van der Waals surface area (Å²) >= 11 is 0. The van der Waals surface area contributed by atoms with E-state index in [1.807, 2.05) is 0 Å². The van der Waals surface area contributed by atoms with Crippen LogP contribution in [0.15, 0.2) is 35.6 Å². The second kappa shape index (κ2) is 7.03. The lowest BCUT2D eigenvalue weighted by atomic mass is 10.2. The molecule has 0 aliphatic carbocycles. The predicted molar refractivity (Wildman–Crippen MR) is 99.1 cm³/mol. The molecular formula is C17H15F2N5O4S. The molecule has 1 amide bonds. The highest BCUT2D eigenvalue weighted by Gasteiger charge is 2.30. The molecule has 4 rings (SSSR count). The van der Waals surface area contributed by atoms with Crippen molar-refractivity contribution in [2.75, 3.05) is 16.8 Å². The summed E-state index contributed by atoms with van der Waals surface area (Å²) in [4.78, 5) is 32.9. The van der Waals surface area contributed by atoms with Crippen molar-refractivity contribution in [1.29, 1.82) is 0 Å². The van der Waals surface area contributed by atoms with E-state index in [4.69, 9.17) is 0 Å². The normalized spacial score (nSPS) is 18.2. The van der Waals surface area contributed by atoms with E-state index in [1.165, 1.54) is 6.33 Å². The van der Waals surface area contributed by atoms with Gasteiger partial charge in [0.05, 0.1) is 29.6 Å². The average Bonchev–Trinajstić information content (AvgIpc) is 3.23. The molecule has 1 aliphatic heterocycles. The molecule has 1 aliphatic rings. The smallest absolute Gasteiger partial charge is 0.281 e. The van der Waals surface area contributed by atoms with Crippen molar-refractivity contribution in [2.24, 2.45) is 0 Å². The Morgan fingerprint density at radius 2 is 2.03 bits per heavy atom. The summed E-state index contributed by atoms with van der Waals surface area (Å²) in [7, 11) is -3.13. The van der Waals surface area contributed by atoms with E-state index in [-0.39, 0.29) is 34.4 Å². The van der Waals surface area contributed by atoms with Gasteiger partial charge in [0, 0.05) is 6.07 Å². The van der Waals surface area contributed by atoms with E-state index in [0.29, 0.717) is 12.5 Å². The second-order valence-corrected chi connectivity index (χ2v) is 8.96. The molecule has 1 fully saturated rings. The number of fused-ring (bicyclic) bond motifs is 1. The molecule has 3 aromatic rings. The largest absolute Gasteiger partial charge is 0.322 e. The fraction of sp³-hybridized carbons (Fsp3) is 0.294. The summed E-state index contributed by atoms with van der Waals surface area (Å²) in [5.74, 6) is -2.41. The first kappa shape index (κ1) is 19.2. The molecule has 1 aromatic carbocycles. The van der Waals surface area contributed by atoms with Crippen LogP contribution in [-0.2, 0) is 21.2 Å². The number of carbonyl (C=O) groups is 1. The molecule has 0 radical (unpaired) electrons. The van der Waals surface area contributed by atoms with Gasteiger partial charge in [-0.25, -0.2) is 27.2 Å². The van der Waals surface area contributed by atoms with Gasteiger partial charge in [-0.1, -0.05) is 0 Å². The Morgan fingerprint density at radius 1 is 1.24 bits per heavy atom. The number of benzene rings is 1. The summed E-state index contributed by atoms with van der Waals surface area (Å²) in [5, 5.41) is 2.26. The highest BCUT2D eigenvalue weighted by atomic mass is 32.2. The quantitative estimate of drug-likeness (QED) is 0.666. The molecule has 0 spiro atoms. The molecule has 9 nitrogen and oxygen atoms in total. The first-order valence-electron chi connectivity index (χ1n) is 8.61. The number of amides is 1. The Kier molecular flexibility index (Phi) is 4.65. The summed E-state index contributed by atoms with van der Waals surface area (Å²) < 4.78 is 52.5. The van der Waals surface area contributed by atoms with Crippen LogP contribution in [0, 0.1) is 11.6 Å². The lowest BCUT2D eigenvalue weighted by Gasteiger charge is -2.11. The predicted octanol–water partition coefficient (Wildman–Crippen LogP) is 0.869. The molecule has 12 heteroatoms. The molecule has 0 unspecified atom stereocenters. The van der Waals surface area contributed by atoms with Crippen LogP contribution in [0.4, 0.5) is 14.5 Å². The Bertz CT molecular complexity index is 1280. The van der Waals surface area contributed by atoms with Gasteiger partial charge in [-0.3, -0.25) is 14.2 Å².